The van der Waals surface area contributed by atoms with E-state index in [1.165, 1.54) is 27.3 Å². The molecule has 138 valence electrons. The summed E-state index contributed by atoms with van der Waals surface area (Å²) in [6, 6.07) is 27.2. The van der Waals surface area contributed by atoms with Crippen molar-refractivity contribution in [2.45, 2.75) is 0 Å². The average Bonchev–Trinajstić information content (AvgIpc) is 3.23. The van der Waals surface area contributed by atoms with Gasteiger partial charge in [0, 0.05) is 0 Å². The maximum atomic E-state index is 2.80. The molecule has 1 aliphatic heterocycles. The van der Waals surface area contributed by atoms with Crippen molar-refractivity contribution in [2.75, 3.05) is 0 Å². The van der Waals surface area contributed by atoms with Crippen LogP contribution in [0.4, 0.5) is 0 Å². The summed E-state index contributed by atoms with van der Waals surface area (Å²) in [4.78, 5) is 0. The van der Waals surface area contributed by atoms with Gasteiger partial charge in [0.25, 0.3) is 0 Å². The van der Waals surface area contributed by atoms with Crippen LogP contribution < -0.4 is 21.8 Å². The zero-order chi connectivity index (χ0) is 17.8. The van der Waals surface area contributed by atoms with Crippen LogP contribution in [0.5, 0.6) is 0 Å². The Morgan fingerprint density at radius 1 is 0.556 bits per heavy atom. The minimum atomic E-state index is -0.311. The Balaban J connectivity index is 1.67. The van der Waals surface area contributed by atoms with E-state index in [1.807, 2.05) is 7.27 Å². The quantitative estimate of drug-likeness (QED) is 0.220. The first-order valence-electron chi connectivity index (χ1n) is 8.27. The zero-order valence-electron chi connectivity index (χ0n) is 13.7. The zero-order valence-corrected chi connectivity index (χ0v) is 24.5. The fourth-order valence-corrected chi connectivity index (χ4v) is 81.3. The fraction of sp³-hybridized carbons (Fsp3) is 0. The molecular formula is C20H12I5N2-. The van der Waals surface area contributed by atoms with Gasteiger partial charge in [0.05, 0.1) is 0 Å². The molecule has 0 N–H and O–H groups in total. The van der Waals surface area contributed by atoms with Gasteiger partial charge in [-0.15, -0.1) is 0 Å². The molecule has 0 spiro atoms. The number of benzene rings is 3. The van der Waals surface area contributed by atoms with Crippen LogP contribution in [0.2, 0.25) is 0 Å². The van der Waals surface area contributed by atoms with Crippen molar-refractivity contribution in [1.82, 2.24) is 5.56 Å². The molecule has 5 aromatic rings. The molecule has 2 nitrogen and oxygen atoms in total. The van der Waals surface area contributed by atoms with E-state index in [-0.39, 0.29) is 21.8 Å². The van der Waals surface area contributed by atoms with Crippen LogP contribution in [0.1, 0.15) is 0 Å². The normalized spacial score (nSPS) is 14.4. The van der Waals surface area contributed by atoms with Gasteiger partial charge in [0.2, 0.25) is 0 Å². The molecule has 3 aromatic carbocycles. The summed E-state index contributed by atoms with van der Waals surface area (Å²) in [5, 5.41) is 4.40. The molecule has 0 bridgehead atoms. The first-order chi connectivity index (χ1) is 13.4. The number of aromatic nitrogens is 2. The third kappa shape index (κ3) is 3.07. The molecule has 0 unspecified atom stereocenters. The first-order valence-corrected chi connectivity index (χ1v) is 31.2. The molecule has 0 aliphatic carbocycles. The van der Waals surface area contributed by atoms with Crippen LogP contribution in [-0.2, 0) is 0 Å². The molecule has 27 heavy (non-hydrogen) atoms. The van der Waals surface area contributed by atoms with E-state index in [0.29, 0.717) is 58.4 Å². The molecule has 3 heterocycles. The van der Waals surface area contributed by atoms with Crippen molar-refractivity contribution in [3.63, 3.8) is 0 Å². The second-order valence-corrected chi connectivity index (χ2v) is 49.3. The SMILES string of the molecule is c1ccc2c(c1)c1c(n2[I-]n2c3ccccc3c3ccccc32)I=II=I1. The van der Waals surface area contributed by atoms with Crippen LogP contribution >= 0.6 is 58.4 Å². The van der Waals surface area contributed by atoms with E-state index in [4.69, 9.17) is 0 Å². The van der Waals surface area contributed by atoms with E-state index >= 15 is 0 Å². The van der Waals surface area contributed by atoms with Gasteiger partial charge >= 0.3 is 199 Å². The molecule has 1 aliphatic rings. The topological polar surface area (TPSA) is 9.86 Å². The van der Waals surface area contributed by atoms with E-state index in [0.717, 1.165) is 0 Å². The summed E-state index contributed by atoms with van der Waals surface area (Å²) in [6.45, 7) is 0. The summed E-state index contributed by atoms with van der Waals surface area (Å²) in [5.74, 6) is 0. The first kappa shape index (κ1) is 18.4. The molecule has 7 heteroatoms. The van der Waals surface area contributed by atoms with Gasteiger partial charge in [-0.05, 0) is 0 Å². The summed E-state index contributed by atoms with van der Waals surface area (Å²) >= 11 is 1.57. The molecule has 0 saturated heterocycles. The molecule has 6 rings (SSSR count). The van der Waals surface area contributed by atoms with Gasteiger partial charge in [0.15, 0.2) is 0 Å². The second kappa shape index (κ2) is 7.72. The van der Waals surface area contributed by atoms with Gasteiger partial charge < -0.3 is 0 Å². The van der Waals surface area contributed by atoms with Crippen LogP contribution in [0.15, 0.2) is 72.8 Å². The van der Waals surface area contributed by atoms with Crippen LogP contribution in [-0.4, -0.2) is 5.56 Å². The Bertz CT molecular complexity index is 1360. The molecule has 0 atom stereocenters. The molecule has 0 fully saturated rings. The number of halogens is 5. The van der Waals surface area contributed by atoms with Crippen LogP contribution in [0.25, 0.3) is 32.7 Å². The number of para-hydroxylation sites is 3. The minimum absolute atomic E-state index is 0.311. The molecular weight excluding hydrogens is 903 g/mol. The Morgan fingerprint density at radius 3 is 1.74 bits per heavy atom. The average molecular weight is 915 g/mol. The third-order valence-corrected chi connectivity index (χ3v) is 75.2. The van der Waals surface area contributed by atoms with E-state index in [1.54, 1.807) is 5.39 Å². The summed E-state index contributed by atoms with van der Waals surface area (Å²) in [5.41, 5.74) is 4.33. The maximum absolute atomic E-state index is 2.80. The number of fused-ring (bicyclic) bond motifs is 6. The van der Waals surface area contributed by atoms with Crippen LogP contribution in [0, 0.1) is 7.27 Å². The van der Waals surface area contributed by atoms with Gasteiger partial charge in [-0.3, -0.25) is 0 Å². The Labute approximate surface area is 195 Å². The summed E-state index contributed by atoms with van der Waals surface area (Å²) in [6.07, 6.45) is 0. The van der Waals surface area contributed by atoms with E-state index < -0.39 is 0 Å². The van der Waals surface area contributed by atoms with Crippen molar-refractivity contribution < 1.29 is 21.8 Å². The number of hydrogen-bond donors (Lipinski definition) is 0. The van der Waals surface area contributed by atoms with Gasteiger partial charge in [-0.1, -0.05) is 0 Å². The number of hydrogen-bond acceptors (Lipinski definition) is 0. The molecule has 2 aromatic heterocycles. The number of rotatable bonds is 2. The van der Waals surface area contributed by atoms with Gasteiger partial charge in [-0.2, -0.15) is 0 Å². The monoisotopic (exact) mass is 915 g/mol. The summed E-state index contributed by atoms with van der Waals surface area (Å²) < 4.78 is 9.13. The molecule has 0 amide bonds. The Kier molecular flexibility index (Phi) is 5.27. The molecule has 0 saturated carbocycles. The van der Waals surface area contributed by atoms with Crippen molar-refractivity contribution in [3.05, 3.63) is 80.1 Å². The third-order valence-electron chi connectivity index (χ3n) is 4.59. The number of nitrogens with zero attached hydrogens (tertiary/aromatic N) is 2. The van der Waals surface area contributed by atoms with Gasteiger partial charge in [-0.25, -0.2) is 0 Å². The van der Waals surface area contributed by atoms with Crippen molar-refractivity contribution >= 4 is 91.1 Å². The second-order valence-electron chi connectivity index (χ2n) is 6.04. The fourth-order valence-electron chi connectivity index (χ4n) is 3.44. The predicted molar refractivity (Wildman–Crippen MR) is 146 cm³/mol. The van der Waals surface area contributed by atoms with Crippen molar-refractivity contribution in [1.29, 1.82) is 0 Å². The van der Waals surface area contributed by atoms with Crippen LogP contribution in [0.3, 0.4) is 0 Å². The van der Waals surface area contributed by atoms with E-state index in [9.17, 15) is 0 Å². The Hall–Kier alpha value is 0.650. The van der Waals surface area contributed by atoms with Crippen molar-refractivity contribution in [2.24, 2.45) is 0 Å². The summed E-state index contributed by atoms with van der Waals surface area (Å²) in [7, 11) is 0. The molecule has 0 radical (unpaired) electrons. The van der Waals surface area contributed by atoms with Gasteiger partial charge in [0.1, 0.15) is 0 Å². The standard InChI is InChI=1S/C20H12I5N2/c1-4-10-16-13(7-1)14-8-2-5-11-17(14)26(16)25-27-18-12-6-3-9-15(18)19-20(27)22-24-23-21-19/h1-12H/q-1. The predicted octanol–water partition coefficient (Wildman–Crippen LogP) is 5.05. The van der Waals surface area contributed by atoms with E-state index in [2.05, 4.69) is 78.4 Å². The Morgan fingerprint density at radius 2 is 1.07 bits per heavy atom. The van der Waals surface area contributed by atoms with Crippen molar-refractivity contribution in [3.8, 4) is 0 Å².